The number of fused-ring (bicyclic) bond motifs is 1. The molecule has 14 heavy (non-hydrogen) atoms. The molecule has 0 aliphatic rings. The second-order valence-corrected chi connectivity index (χ2v) is 4.23. The van der Waals surface area contributed by atoms with Crippen molar-refractivity contribution in [3.63, 3.8) is 0 Å². The zero-order chi connectivity index (χ0) is 10.1. The van der Waals surface area contributed by atoms with E-state index in [1.54, 1.807) is 0 Å². The molecule has 0 amide bonds. The van der Waals surface area contributed by atoms with Gasteiger partial charge in [0.05, 0.1) is 0 Å². The molecule has 0 saturated carbocycles. The van der Waals surface area contributed by atoms with E-state index in [0.29, 0.717) is 5.92 Å². The van der Waals surface area contributed by atoms with Gasteiger partial charge in [-0.15, -0.1) is 0 Å². The van der Waals surface area contributed by atoms with E-state index >= 15 is 0 Å². The van der Waals surface area contributed by atoms with Gasteiger partial charge in [-0.05, 0) is 29.2 Å². The van der Waals surface area contributed by atoms with Crippen LogP contribution < -0.4 is 0 Å². The van der Waals surface area contributed by atoms with Gasteiger partial charge in [0.1, 0.15) is 0 Å². The smallest absolute Gasteiger partial charge is 0.0149 e. The minimum absolute atomic E-state index is 0.599. The summed E-state index contributed by atoms with van der Waals surface area (Å²) in [6.45, 7) is 6.63. The van der Waals surface area contributed by atoms with Gasteiger partial charge in [-0.1, -0.05) is 55.8 Å². The lowest BCUT2D eigenvalue weighted by Crippen LogP contribution is -1.89. The summed E-state index contributed by atoms with van der Waals surface area (Å²) in [6, 6.07) is 13.2. The van der Waals surface area contributed by atoms with Crippen molar-refractivity contribution < 1.29 is 0 Å². The van der Waals surface area contributed by atoms with Crippen LogP contribution in [0, 0.1) is 6.92 Å². The molecule has 0 aliphatic heterocycles. The van der Waals surface area contributed by atoms with Crippen molar-refractivity contribution in [1.29, 1.82) is 0 Å². The Morgan fingerprint density at radius 3 is 2.50 bits per heavy atom. The molecule has 2 aromatic carbocycles. The standard InChI is InChI=1S/C14H16/c1-10(2)13-6-4-5-12-9-11(3)7-8-14(12)13/h4-10H,1-3H3. The van der Waals surface area contributed by atoms with Gasteiger partial charge >= 0.3 is 0 Å². The first-order chi connectivity index (χ1) is 6.68. The number of rotatable bonds is 1. The van der Waals surface area contributed by atoms with Crippen molar-refractivity contribution in [2.24, 2.45) is 0 Å². The molecule has 0 radical (unpaired) electrons. The van der Waals surface area contributed by atoms with Crippen LogP contribution in [0.15, 0.2) is 36.4 Å². The molecule has 2 rings (SSSR count). The highest BCUT2D eigenvalue weighted by Crippen LogP contribution is 2.25. The van der Waals surface area contributed by atoms with Crippen LogP contribution in [0.4, 0.5) is 0 Å². The summed E-state index contributed by atoms with van der Waals surface area (Å²) in [5, 5.41) is 2.75. The summed E-state index contributed by atoms with van der Waals surface area (Å²) in [5.74, 6) is 0.599. The summed E-state index contributed by atoms with van der Waals surface area (Å²) < 4.78 is 0. The van der Waals surface area contributed by atoms with Crippen LogP contribution in [0.5, 0.6) is 0 Å². The zero-order valence-electron chi connectivity index (χ0n) is 9.04. The number of hydrogen-bond donors (Lipinski definition) is 0. The van der Waals surface area contributed by atoms with Crippen LogP contribution in [-0.4, -0.2) is 0 Å². The monoisotopic (exact) mass is 184 g/mol. The molecule has 0 heterocycles. The van der Waals surface area contributed by atoms with Crippen molar-refractivity contribution in [3.8, 4) is 0 Å². The highest BCUT2D eigenvalue weighted by Gasteiger charge is 2.03. The topological polar surface area (TPSA) is 0 Å². The van der Waals surface area contributed by atoms with Crippen LogP contribution in [0.1, 0.15) is 30.9 Å². The molecule has 0 N–H and O–H groups in total. The molecule has 0 aromatic heterocycles. The van der Waals surface area contributed by atoms with Gasteiger partial charge in [-0.25, -0.2) is 0 Å². The van der Waals surface area contributed by atoms with Gasteiger partial charge in [-0.3, -0.25) is 0 Å². The molecule has 0 aliphatic carbocycles. The van der Waals surface area contributed by atoms with Crippen LogP contribution in [0.3, 0.4) is 0 Å². The van der Waals surface area contributed by atoms with Gasteiger partial charge in [-0.2, -0.15) is 0 Å². The zero-order valence-corrected chi connectivity index (χ0v) is 9.04. The van der Waals surface area contributed by atoms with E-state index in [1.807, 2.05) is 0 Å². The Balaban J connectivity index is 2.75. The highest BCUT2D eigenvalue weighted by molar-refractivity contribution is 5.86. The molecular formula is C14H16. The second kappa shape index (κ2) is 3.45. The normalized spacial score (nSPS) is 11.1. The number of benzene rings is 2. The van der Waals surface area contributed by atoms with Crippen LogP contribution in [0.25, 0.3) is 10.8 Å². The van der Waals surface area contributed by atoms with E-state index < -0.39 is 0 Å². The van der Waals surface area contributed by atoms with Gasteiger partial charge in [0.2, 0.25) is 0 Å². The molecule has 0 spiro atoms. The predicted molar refractivity (Wildman–Crippen MR) is 62.8 cm³/mol. The second-order valence-electron chi connectivity index (χ2n) is 4.23. The fourth-order valence-electron chi connectivity index (χ4n) is 1.93. The summed E-state index contributed by atoms with van der Waals surface area (Å²) in [4.78, 5) is 0. The molecular weight excluding hydrogens is 168 g/mol. The van der Waals surface area contributed by atoms with Crippen molar-refractivity contribution in [3.05, 3.63) is 47.5 Å². The van der Waals surface area contributed by atoms with E-state index in [-0.39, 0.29) is 0 Å². The molecule has 2 aromatic rings. The Hall–Kier alpha value is -1.30. The number of hydrogen-bond acceptors (Lipinski definition) is 0. The van der Waals surface area contributed by atoms with Gasteiger partial charge in [0, 0.05) is 0 Å². The molecule has 0 fully saturated rings. The average molecular weight is 184 g/mol. The summed E-state index contributed by atoms with van der Waals surface area (Å²) in [6.07, 6.45) is 0. The van der Waals surface area contributed by atoms with Crippen LogP contribution in [0.2, 0.25) is 0 Å². The third kappa shape index (κ3) is 1.52. The lowest BCUT2D eigenvalue weighted by Gasteiger charge is -2.09. The molecule has 0 atom stereocenters. The Morgan fingerprint density at radius 1 is 1.00 bits per heavy atom. The van der Waals surface area contributed by atoms with Gasteiger partial charge in [0.25, 0.3) is 0 Å². The lowest BCUT2D eigenvalue weighted by molar-refractivity contribution is 0.876. The minimum atomic E-state index is 0.599. The number of aryl methyl sites for hydroxylation is 1. The first-order valence-electron chi connectivity index (χ1n) is 5.18. The Labute approximate surface area is 85.6 Å². The largest absolute Gasteiger partial charge is 0.0613 e. The third-order valence-electron chi connectivity index (χ3n) is 2.69. The fourth-order valence-corrected chi connectivity index (χ4v) is 1.93. The van der Waals surface area contributed by atoms with E-state index in [0.717, 1.165) is 0 Å². The maximum absolute atomic E-state index is 2.25. The first kappa shape index (κ1) is 9.26. The third-order valence-corrected chi connectivity index (χ3v) is 2.69. The van der Waals surface area contributed by atoms with Crippen molar-refractivity contribution >= 4 is 10.8 Å². The molecule has 72 valence electrons. The van der Waals surface area contributed by atoms with E-state index in [2.05, 4.69) is 57.2 Å². The van der Waals surface area contributed by atoms with Crippen molar-refractivity contribution in [2.75, 3.05) is 0 Å². The first-order valence-corrected chi connectivity index (χ1v) is 5.18. The van der Waals surface area contributed by atoms with Gasteiger partial charge < -0.3 is 0 Å². The molecule has 0 nitrogen and oxygen atoms in total. The van der Waals surface area contributed by atoms with E-state index in [1.165, 1.54) is 21.9 Å². The van der Waals surface area contributed by atoms with Crippen LogP contribution >= 0.6 is 0 Å². The fraction of sp³-hybridized carbons (Fsp3) is 0.286. The predicted octanol–water partition coefficient (Wildman–Crippen LogP) is 4.27. The maximum atomic E-state index is 2.25. The lowest BCUT2D eigenvalue weighted by atomic mass is 9.95. The molecule has 0 bridgehead atoms. The summed E-state index contributed by atoms with van der Waals surface area (Å²) in [5.41, 5.74) is 2.78. The van der Waals surface area contributed by atoms with E-state index in [9.17, 15) is 0 Å². The summed E-state index contributed by atoms with van der Waals surface area (Å²) in [7, 11) is 0. The molecule has 0 saturated heterocycles. The van der Waals surface area contributed by atoms with E-state index in [4.69, 9.17) is 0 Å². The minimum Gasteiger partial charge on any atom is -0.0613 e. The molecule has 0 unspecified atom stereocenters. The Morgan fingerprint density at radius 2 is 1.79 bits per heavy atom. The Kier molecular flexibility index (Phi) is 2.28. The van der Waals surface area contributed by atoms with Crippen molar-refractivity contribution in [2.45, 2.75) is 26.7 Å². The van der Waals surface area contributed by atoms with Crippen molar-refractivity contribution in [1.82, 2.24) is 0 Å². The average Bonchev–Trinajstić information content (AvgIpc) is 2.16. The van der Waals surface area contributed by atoms with Crippen LogP contribution in [-0.2, 0) is 0 Å². The summed E-state index contributed by atoms with van der Waals surface area (Å²) >= 11 is 0. The van der Waals surface area contributed by atoms with Gasteiger partial charge in [0.15, 0.2) is 0 Å². The maximum Gasteiger partial charge on any atom is -0.0149 e. The SMILES string of the molecule is Cc1ccc2c(C(C)C)cccc2c1. The quantitative estimate of drug-likeness (QED) is 0.620. The molecule has 0 heteroatoms. The highest BCUT2D eigenvalue weighted by atomic mass is 14.1. The Bertz CT molecular complexity index is 453.